The van der Waals surface area contributed by atoms with Gasteiger partial charge in [-0.15, -0.1) is 0 Å². The van der Waals surface area contributed by atoms with Gasteiger partial charge in [-0.1, -0.05) is 6.58 Å². The van der Waals surface area contributed by atoms with E-state index in [9.17, 15) is 4.79 Å². The molecule has 0 saturated carbocycles. The van der Waals surface area contributed by atoms with Crippen LogP contribution in [0.2, 0.25) is 0 Å². The lowest BCUT2D eigenvalue weighted by Crippen LogP contribution is -2.61. The van der Waals surface area contributed by atoms with Gasteiger partial charge in [0.1, 0.15) is 0 Å². The summed E-state index contributed by atoms with van der Waals surface area (Å²) < 4.78 is 17.3. The third-order valence-electron chi connectivity index (χ3n) is 4.12. The van der Waals surface area contributed by atoms with Gasteiger partial charge >= 0.3 is 5.97 Å². The lowest BCUT2D eigenvalue weighted by molar-refractivity contribution is -0.299. The number of hydrogen-bond donors (Lipinski definition) is 0. The molecule has 116 valence electrons. The summed E-state index contributed by atoms with van der Waals surface area (Å²) in [7, 11) is 0. The molecule has 0 amide bonds. The predicted octanol–water partition coefficient (Wildman–Crippen LogP) is 3.25. The van der Waals surface area contributed by atoms with E-state index in [1.165, 1.54) is 0 Å². The molecule has 1 heterocycles. The Hall–Kier alpha value is -0.870. The van der Waals surface area contributed by atoms with Crippen molar-refractivity contribution in [1.29, 1.82) is 0 Å². The van der Waals surface area contributed by atoms with Crippen molar-refractivity contribution in [2.24, 2.45) is 0 Å². The van der Waals surface area contributed by atoms with Gasteiger partial charge in [0.25, 0.3) is 0 Å². The maximum absolute atomic E-state index is 11.3. The van der Waals surface area contributed by atoms with Gasteiger partial charge in [0, 0.05) is 5.57 Å². The van der Waals surface area contributed by atoms with E-state index in [4.69, 9.17) is 14.2 Å². The van der Waals surface area contributed by atoms with E-state index < -0.39 is 0 Å². The van der Waals surface area contributed by atoms with Gasteiger partial charge < -0.3 is 14.2 Å². The second-order valence-corrected chi connectivity index (χ2v) is 6.88. The molecule has 0 aliphatic carbocycles. The molecule has 4 nitrogen and oxygen atoms in total. The molecule has 0 aromatic rings. The van der Waals surface area contributed by atoms with E-state index >= 15 is 0 Å². The first kappa shape index (κ1) is 17.2. The number of esters is 1. The minimum Gasteiger partial charge on any atom is -0.462 e. The van der Waals surface area contributed by atoms with E-state index in [1.807, 2.05) is 34.6 Å². The van der Waals surface area contributed by atoms with E-state index in [-0.39, 0.29) is 22.8 Å². The topological polar surface area (TPSA) is 44.8 Å². The molecule has 1 rings (SSSR count). The monoisotopic (exact) mass is 284 g/mol. The van der Waals surface area contributed by atoms with Crippen LogP contribution in [-0.4, -0.2) is 36.0 Å². The number of carbonyl (C=O) groups is 1. The molecular weight excluding hydrogens is 256 g/mol. The van der Waals surface area contributed by atoms with Crippen LogP contribution >= 0.6 is 0 Å². The average molecular weight is 284 g/mol. The Morgan fingerprint density at radius 2 is 1.80 bits per heavy atom. The third-order valence-corrected chi connectivity index (χ3v) is 4.12. The largest absolute Gasteiger partial charge is 0.462 e. The molecule has 1 fully saturated rings. The summed E-state index contributed by atoms with van der Waals surface area (Å²) in [5.41, 5.74) is -0.571. The molecule has 0 radical (unpaired) electrons. The smallest absolute Gasteiger partial charge is 0.333 e. The maximum atomic E-state index is 11.3. The van der Waals surface area contributed by atoms with Crippen LogP contribution in [0.25, 0.3) is 0 Å². The van der Waals surface area contributed by atoms with Gasteiger partial charge in [-0.25, -0.2) is 4.79 Å². The standard InChI is InChI=1S/C16H28O4/c1-12(2)13(17)18-10-8-9-16(7)11-19-14(3,4)15(5,6)20-16/h1,8-11H2,2-7H3. The summed E-state index contributed by atoms with van der Waals surface area (Å²) in [6, 6.07) is 0. The zero-order valence-electron chi connectivity index (χ0n) is 13.7. The van der Waals surface area contributed by atoms with Crippen LogP contribution in [0.5, 0.6) is 0 Å². The third kappa shape index (κ3) is 4.06. The van der Waals surface area contributed by atoms with Crippen LogP contribution in [-0.2, 0) is 19.0 Å². The van der Waals surface area contributed by atoms with Crippen molar-refractivity contribution in [1.82, 2.24) is 0 Å². The fourth-order valence-electron chi connectivity index (χ4n) is 2.13. The minimum absolute atomic E-state index is 0.307. The second-order valence-electron chi connectivity index (χ2n) is 6.88. The van der Waals surface area contributed by atoms with Gasteiger partial charge in [-0.05, 0) is 54.4 Å². The van der Waals surface area contributed by atoms with Gasteiger partial charge in [0.15, 0.2) is 0 Å². The fraction of sp³-hybridized carbons (Fsp3) is 0.812. The molecule has 0 N–H and O–H groups in total. The number of rotatable bonds is 5. The molecule has 0 spiro atoms. The van der Waals surface area contributed by atoms with Crippen LogP contribution in [0, 0.1) is 0 Å². The van der Waals surface area contributed by atoms with Gasteiger partial charge in [-0.2, -0.15) is 0 Å². The molecule has 1 aliphatic heterocycles. The number of hydrogen-bond acceptors (Lipinski definition) is 4. The maximum Gasteiger partial charge on any atom is 0.333 e. The van der Waals surface area contributed by atoms with Crippen molar-refractivity contribution in [2.75, 3.05) is 13.2 Å². The molecule has 1 unspecified atom stereocenters. The average Bonchev–Trinajstić information content (AvgIpc) is 2.30. The Balaban J connectivity index is 2.44. The summed E-state index contributed by atoms with van der Waals surface area (Å²) in [4.78, 5) is 11.3. The van der Waals surface area contributed by atoms with Crippen LogP contribution in [0.1, 0.15) is 54.4 Å². The van der Waals surface area contributed by atoms with Crippen molar-refractivity contribution in [3.8, 4) is 0 Å². The highest BCUT2D eigenvalue weighted by atomic mass is 16.6. The Morgan fingerprint density at radius 1 is 1.20 bits per heavy atom. The molecule has 0 bridgehead atoms. The summed E-state index contributed by atoms with van der Waals surface area (Å²) in [6.45, 7) is 16.4. The molecule has 1 saturated heterocycles. The van der Waals surface area contributed by atoms with Gasteiger partial charge in [0.2, 0.25) is 0 Å². The molecule has 1 aliphatic rings. The van der Waals surface area contributed by atoms with Crippen LogP contribution in [0.15, 0.2) is 12.2 Å². The molecule has 0 aromatic heterocycles. The Labute approximate surface area is 122 Å². The lowest BCUT2D eigenvalue weighted by atomic mass is 9.85. The highest BCUT2D eigenvalue weighted by molar-refractivity contribution is 5.86. The highest BCUT2D eigenvalue weighted by Crippen LogP contribution is 2.40. The molecular formula is C16H28O4. The van der Waals surface area contributed by atoms with Crippen molar-refractivity contribution in [3.63, 3.8) is 0 Å². The first-order valence-electron chi connectivity index (χ1n) is 7.16. The van der Waals surface area contributed by atoms with Crippen molar-refractivity contribution < 1.29 is 19.0 Å². The Kier molecular flexibility index (Phi) is 5.03. The summed E-state index contributed by atoms with van der Waals surface area (Å²) >= 11 is 0. The first-order valence-corrected chi connectivity index (χ1v) is 7.16. The van der Waals surface area contributed by atoms with Gasteiger partial charge in [-0.3, -0.25) is 0 Å². The Morgan fingerprint density at radius 3 is 2.30 bits per heavy atom. The Bertz CT molecular complexity index is 384. The van der Waals surface area contributed by atoms with Crippen molar-refractivity contribution in [2.45, 2.75) is 71.2 Å². The first-order chi connectivity index (χ1) is 8.99. The van der Waals surface area contributed by atoms with E-state index in [2.05, 4.69) is 6.58 Å². The summed E-state index contributed by atoms with van der Waals surface area (Å²) in [6.07, 6.45) is 1.53. The van der Waals surface area contributed by atoms with E-state index in [1.54, 1.807) is 6.92 Å². The van der Waals surface area contributed by atoms with Crippen LogP contribution in [0.4, 0.5) is 0 Å². The molecule has 20 heavy (non-hydrogen) atoms. The lowest BCUT2D eigenvalue weighted by Gasteiger charge is -2.52. The molecule has 4 heteroatoms. The zero-order valence-corrected chi connectivity index (χ0v) is 13.7. The van der Waals surface area contributed by atoms with E-state index in [0.717, 1.165) is 12.8 Å². The SMILES string of the molecule is C=C(C)C(=O)OCCCC1(C)COC(C)(C)C(C)(C)O1. The van der Waals surface area contributed by atoms with Crippen molar-refractivity contribution in [3.05, 3.63) is 12.2 Å². The van der Waals surface area contributed by atoms with E-state index in [0.29, 0.717) is 18.8 Å². The highest BCUT2D eigenvalue weighted by Gasteiger charge is 2.49. The molecule has 0 aromatic carbocycles. The summed E-state index contributed by atoms with van der Waals surface area (Å²) in [5, 5.41) is 0. The van der Waals surface area contributed by atoms with Crippen molar-refractivity contribution >= 4 is 5.97 Å². The number of ether oxygens (including phenoxy) is 3. The fourth-order valence-corrected chi connectivity index (χ4v) is 2.13. The van der Waals surface area contributed by atoms with Gasteiger partial charge in [0.05, 0.1) is 30.0 Å². The number of carbonyl (C=O) groups excluding carboxylic acids is 1. The minimum atomic E-state index is -0.353. The quantitative estimate of drug-likeness (QED) is 0.441. The second kappa shape index (κ2) is 5.86. The molecule has 1 atom stereocenters. The normalized spacial score (nSPS) is 27.9. The van der Waals surface area contributed by atoms with Crippen LogP contribution < -0.4 is 0 Å². The van der Waals surface area contributed by atoms with Crippen LogP contribution in [0.3, 0.4) is 0 Å². The predicted molar refractivity (Wildman–Crippen MR) is 78.6 cm³/mol. The summed E-state index contributed by atoms with van der Waals surface area (Å²) in [5.74, 6) is -0.336. The zero-order chi connectivity index (χ0) is 15.6.